The number of rotatable bonds is 1. The molecule has 0 aliphatic carbocycles. The molecule has 106 valence electrons. The summed E-state index contributed by atoms with van der Waals surface area (Å²) in [5.41, 5.74) is -0.871. The number of hydrogen-bond donors (Lipinski definition) is 1. The molecular formula is C11H15F3N4O. The van der Waals surface area contributed by atoms with Gasteiger partial charge >= 0.3 is 6.18 Å². The molecule has 0 aromatic carbocycles. The highest BCUT2D eigenvalue weighted by Gasteiger charge is 2.41. The first kappa shape index (κ1) is 13.7. The number of likely N-dealkylation sites (N-methyl/N-ethyl adjacent to an activating group) is 1. The number of halogens is 3. The highest BCUT2D eigenvalue weighted by Crippen LogP contribution is 2.35. The number of aliphatic hydroxyl groups excluding tert-OH is 1. The summed E-state index contributed by atoms with van der Waals surface area (Å²) in [5, 5.41) is 13.9. The van der Waals surface area contributed by atoms with Gasteiger partial charge in [-0.05, 0) is 6.92 Å². The van der Waals surface area contributed by atoms with Crippen molar-refractivity contribution in [3.63, 3.8) is 0 Å². The number of aliphatic hydroxyl groups is 1. The lowest BCUT2D eigenvalue weighted by molar-refractivity contribution is -0.143. The van der Waals surface area contributed by atoms with Crippen LogP contribution < -0.4 is 4.90 Å². The Morgan fingerprint density at radius 3 is 2.32 bits per heavy atom. The van der Waals surface area contributed by atoms with Crippen LogP contribution in [-0.4, -0.2) is 39.1 Å². The van der Waals surface area contributed by atoms with E-state index in [4.69, 9.17) is 0 Å². The number of nitrogens with zero attached hydrogens (tertiary/aromatic N) is 4. The zero-order chi connectivity index (χ0) is 14.5. The molecule has 0 bridgehead atoms. The van der Waals surface area contributed by atoms with E-state index in [1.807, 2.05) is 0 Å². The first-order chi connectivity index (χ1) is 8.64. The van der Waals surface area contributed by atoms with Crippen molar-refractivity contribution in [3.05, 3.63) is 24.2 Å². The molecular weight excluding hydrogens is 261 g/mol. The van der Waals surface area contributed by atoms with Crippen LogP contribution in [0.2, 0.25) is 0 Å². The molecule has 0 saturated carbocycles. The number of alkyl halides is 3. The van der Waals surface area contributed by atoms with Gasteiger partial charge < -0.3 is 10.0 Å². The van der Waals surface area contributed by atoms with E-state index in [1.54, 1.807) is 18.9 Å². The summed E-state index contributed by atoms with van der Waals surface area (Å²) in [5.74, 6) is 0.440. The highest BCUT2D eigenvalue weighted by molar-refractivity contribution is 5.49. The maximum atomic E-state index is 12.7. The summed E-state index contributed by atoms with van der Waals surface area (Å²) >= 11 is 0. The fourth-order valence-electron chi connectivity index (χ4n) is 2.08. The maximum absolute atomic E-state index is 12.7. The normalized spacial score (nSPS) is 24.5. The van der Waals surface area contributed by atoms with Crippen molar-refractivity contribution >= 4 is 5.82 Å². The van der Waals surface area contributed by atoms with E-state index < -0.39 is 18.1 Å². The minimum atomic E-state index is -4.48. The molecule has 2 atom stereocenters. The molecule has 0 radical (unpaired) electrons. The van der Waals surface area contributed by atoms with Crippen LogP contribution in [0.5, 0.6) is 0 Å². The van der Waals surface area contributed by atoms with Gasteiger partial charge in [-0.15, -0.1) is 0 Å². The quantitative estimate of drug-likeness (QED) is 0.841. The second-order valence-corrected chi connectivity index (χ2v) is 4.56. The number of aryl methyl sites for hydroxylation is 1. The smallest absolute Gasteiger partial charge is 0.371 e. The van der Waals surface area contributed by atoms with Gasteiger partial charge in [0.1, 0.15) is 11.5 Å². The lowest BCUT2D eigenvalue weighted by Gasteiger charge is -2.20. The van der Waals surface area contributed by atoms with Crippen LogP contribution >= 0.6 is 0 Å². The first-order valence-electron chi connectivity index (χ1n) is 5.65. The Hall–Kier alpha value is -1.70. The Balaban J connectivity index is 2.41. The lowest BCUT2D eigenvalue weighted by atomic mass is 10.3. The third kappa shape index (κ3) is 2.05. The van der Waals surface area contributed by atoms with Crippen molar-refractivity contribution in [2.45, 2.75) is 25.4 Å². The zero-order valence-electron chi connectivity index (χ0n) is 10.8. The number of hydrogen-bond acceptors (Lipinski definition) is 4. The average molecular weight is 276 g/mol. The first-order valence-corrected chi connectivity index (χ1v) is 5.65. The maximum Gasteiger partial charge on any atom is 0.433 e. The molecule has 1 fully saturated rings. The van der Waals surface area contributed by atoms with Gasteiger partial charge in [0.2, 0.25) is 0 Å². The molecule has 2 heterocycles. The Bertz CT molecular complexity index is 511. The molecule has 0 amide bonds. The van der Waals surface area contributed by atoms with Crippen LogP contribution in [0.4, 0.5) is 19.0 Å². The second kappa shape index (κ2) is 4.16. The fraction of sp³-hybridized carbons (Fsp3) is 0.545. The van der Waals surface area contributed by atoms with Crippen molar-refractivity contribution in [2.24, 2.45) is 7.05 Å². The van der Waals surface area contributed by atoms with Gasteiger partial charge in [0.05, 0.1) is 6.04 Å². The van der Waals surface area contributed by atoms with Gasteiger partial charge in [-0.2, -0.15) is 18.3 Å². The third-order valence-corrected chi connectivity index (χ3v) is 3.40. The minimum Gasteiger partial charge on any atom is -0.371 e. The largest absolute Gasteiger partial charge is 0.433 e. The summed E-state index contributed by atoms with van der Waals surface area (Å²) in [4.78, 5) is 2.98. The molecule has 19 heavy (non-hydrogen) atoms. The molecule has 0 spiro atoms. The van der Waals surface area contributed by atoms with Crippen LogP contribution in [0.15, 0.2) is 18.5 Å². The third-order valence-electron chi connectivity index (χ3n) is 3.40. The molecule has 1 unspecified atom stereocenters. The Labute approximate surface area is 108 Å². The molecule has 1 aliphatic rings. The summed E-state index contributed by atoms with van der Waals surface area (Å²) in [6.45, 7) is 5.51. The van der Waals surface area contributed by atoms with Gasteiger partial charge in [0.15, 0.2) is 12.0 Å². The fourth-order valence-corrected chi connectivity index (χ4v) is 2.08. The SMILES string of the molecule is C=C1N(c2cc(C(F)(F)F)n(C)n2)C(O)[C@@H](C)N1C. The Morgan fingerprint density at radius 2 is 1.95 bits per heavy atom. The lowest BCUT2D eigenvalue weighted by Crippen LogP contribution is -2.34. The predicted octanol–water partition coefficient (Wildman–Crippen LogP) is 1.37. The van der Waals surface area contributed by atoms with Gasteiger partial charge in [0.25, 0.3) is 0 Å². The van der Waals surface area contributed by atoms with Crippen LogP contribution in [0.1, 0.15) is 12.6 Å². The zero-order valence-corrected chi connectivity index (χ0v) is 10.8. The van der Waals surface area contributed by atoms with Gasteiger partial charge in [-0.3, -0.25) is 9.58 Å². The van der Waals surface area contributed by atoms with Crippen LogP contribution in [0.3, 0.4) is 0 Å². The molecule has 2 rings (SSSR count). The van der Waals surface area contributed by atoms with E-state index in [0.717, 1.165) is 10.7 Å². The molecule has 5 nitrogen and oxygen atoms in total. The van der Waals surface area contributed by atoms with Gasteiger partial charge in [-0.1, -0.05) is 6.58 Å². The van der Waals surface area contributed by atoms with Crippen molar-refractivity contribution in [3.8, 4) is 0 Å². The summed E-state index contributed by atoms with van der Waals surface area (Å²) in [6, 6.07) is 0.629. The summed E-state index contributed by atoms with van der Waals surface area (Å²) < 4.78 is 38.9. The molecule has 8 heteroatoms. The summed E-state index contributed by atoms with van der Waals surface area (Å²) in [6.07, 6.45) is -5.46. The predicted molar refractivity (Wildman–Crippen MR) is 63.1 cm³/mol. The van der Waals surface area contributed by atoms with Crippen molar-refractivity contribution in [2.75, 3.05) is 11.9 Å². The average Bonchev–Trinajstić information content (AvgIpc) is 2.75. The minimum absolute atomic E-state index is 0.0310. The van der Waals surface area contributed by atoms with Crippen LogP contribution in [-0.2, 0) is 13.2 Å². The number of anilines is 1. The van der Waals surface area contributed by atoms with E-state index in [0.29, 0.717) is 5.82 Å². The van der Waals surface area contributed by atoms with Crippen molar-refractivity contribution in [1.82, 2.24) is 14.7 Å². The van der Waals surface area contributed by atoms with Crippen molar-refractivity contribution < 1.29 is 18.3 Å². The van der Waals surface area contributed by atoms with E-state index in [9.17, 15) is 18.3 Å². The molecule has 1 aromatic rings. The Morgan fingerprint density at radius 1 is 1.37 bits per heavy atom. The Kier molecular flexibility index (Phi) is 3.00. The monoisotopic (exact) mass is 276 g/mol. The molecule has 1 N–H and O–H groups in total. The molecule has 1 saturated heterocycles. The molecule has 1 aromatic heterocycles. The van der Waals surface area contributed by atoms with Gasteiger partial charge in [-0.25, -0.2) is 0 Å². The molecule has 1 aliphatic heterocycles. The van der Waals surface area contributed by atoms with E-state index in [2.05, 4.69) is 11.7 Å². The van der Waals surface area contributed by atoms with Crippen LogP contribution in [0, 0.1) is 0 Å². The second-order valence-electron chi connectivity index (χ2n) is 4.56. The highest BCUT2D eigenvalue weighted by atomic mass is 19.4. The summed E-state index contributed by atoms with van der Waals surface area (Å²) in [7, 11) is 2.93. The standard InChI is InChI=1S/C11H15F3N4O/c1-6-10(19)18(7(2)16(6)3)9-5-8(11(12,13)14)17(4)15-9/h5-6,10,19H,2H2,1,3-4H3/t6-,10?/m1/s1. The number of aromatic nitrogens is 2. The van der Waals surface area contributed by atoms with E-state index in [-0.39, 0.29) is 11.9 Å². The van der Waals surface area contributed by atoms with Crippen molar-refractivity contribution in [1.29, 1.82) is 0 Å². The topological polar surface area (TPSA) is 44.5 Å². The van der Waals surface area contributed by atoms with E-state index in [1.165, 1.54) is 11.9 Å². The van der Waals surface area contributed by atoms with E-state index >= 15 is 0 Å². The van der Waals surface area contributed by atoms with Crippen LogP contribution in [0.25, 0.3) is 0 Å². The van der Waals surface area contributed by atoms with Gasteiger partial charge in [0, 0.05) is 20.2 Å².